The Morgan fingerprint density at radius 1 is 1.25 bits per heavy atom. The van der Waals surface area contributed by atoms with E-state index in [-0.39, 0.29) is 0 Å². The zero-order chi connectivity index (χ0) is 12.1. The van der Waals surface area contributed by atoms with Gasteiger partial charge in [0.15, 0.2) is 0 Å². The Morgan fingerprint density at radius 2 is 1.81 bits per heavy atom. The summed E-state index contributed by atoms with van der Waals surface area (Å²) in [6.45, 7) is 1.94. The van der Waals surface area contributed by atoms with Crippen molar-refractivity contribution in [2.75, 3.05) is 0 Å². The van der Waals surface area contributed by atoms with E-state index in [1.54, 1.807) is 12.1 Å². The highest BCUT2D eigenvalue weighted by molar-refractivity contribution is 8.01. The SMILES string of the molecule is CCc1ccccc1SC(C(=O)O)C(=O)O. The van der Waals surface area contributed by atoms with Crippen molar-refractivity contribution in [1.82, 2.24) is 0 Å². The fourth-order valence-corrected chi connectivity index (χ4v) is 2.22. The second kappa shape index (κ2) is 5.55. The van der Waals surface area contributed by atoms with Gasteiger partial charge in [0.2, 0.25) is 5.25 Å². The zero-order valence-corrected chi connectivity index (χ0v) is 9.53. The molecular formula is C11H12O4S. The Morgan fingerprint density at radius 3 is 2.31 bits per heavy atom. The highest BCUT2D eigenvalue weighted by Gasteiger charge is 2.27. The van der Waals surface area contributed by atoms with E-state index in [0.717, 1.165) is 23.7 Å². The Hall–Kier alpha value is -1.49. The largest absolute Gasteiger partial charge is 0.480 e. The molecule has 1 rings (SSSR count). The zero-order valence-electron chi connectivity index (χ0n) is 8.71. The summed E-state index contributed by atoms with van der Waals surface area (Å²) in [7, 11) is 0. The minimum atomic E-state index is -1.45. The summed E-state index contributed by atoms with van der Waals surface area (Å²) in [5.41, 5.74) is 0.958. The number of carboxylic acid groups (broad SMARTS) is 2. The van der Waals surface area contributed by atoms with Crippen LogP contribution in [0.15, 0.2) is 29.2 Å². The molecule has 0 spiro atoms. The van der Waals surface area contributed by atoms with Crippen molar-refractivity contribution in [2.45, 2.75) is 23.5 Å². The summed E-state index contributed by atoms with van der Waals surface area (Å²) in [6, 6.07) is 7.22. The van der Waals surface area contributed by atoms with E-state index in [1.165, 1.54) is 0 Å². The quantitative estimate of drug-likeness (QED) is 0.607. The molecule has 4 nitrogen and oxygen atoms in total. The van der Waals surface area contributed by atoms with Crippen LogP contribution in [0.4, 0.5) is 0 Å². The first-order valence-electron chi connectivity index (χ1n) is 4.76. The van der Waals surface area contributed by atoms with Crippen molar-refractivity contribution in [2.24, 2.45) is 0 Å². The van der Waals surface area contributed by atoms with Crippen LogP contribution in [-0.2, 0) is 16.0 Å². The van der Waals surface area contributed by atoms with E-state index < -0.39 is 17.2 Å². The van der Waals surface area contributed by atoms with Crippen LogP contribution < -0.4 is 0 Å². The fourth-order valence-electron chi connectivity index (χ4n) is 1.24. The van der Waals surface area contributed by atoms with Crippen LogP contribution >= 0.6 is 11.8 Å². The standard InChI is InChI=1S/C11H12O4S/c1-2-7-5-3-4-6-8(7)16-9(10(12)13)11(14)15/h3-6,9H,2H2,1H3,(H,12,13)(H,14,15). The van der Waals surface area contributed by atoms with Gasteiger partial charge < -0.3 is 10.2 Å². The van der Waals surface area contributed by atoms with Gasteiger partial charge in [-0.1, -0.05) is 36.9 Å². The fraction of sp³-hybridized carbons (Fsp3) is 0.273. The van der Waals surface area contributed by atoms with Gasteiger partial charge in [-0.3, -0.25) is 9.59 Å². The van der Waals surface area contributed by atoms with Crippen molar-refractivity contribution in [1.29, 1.82) is 0 Å². The molecule has 16 heavy (non-hydrogen) atoms. The summed E-state index contributed by atoms with van der Waals surface area (Å²) in [4.78, 5) is 22.2. The first-order chi connectivity index (χ1) is 7.56. The number of carbonyl (C=O) groups is 2. The molecule has 0 saturated heterocycles. The minimum Gasteiger partial charge on any atom is -0.480 e. The van der Waals surface area contributed by atoms with Gasteiger partial charge in [0.25, 0.3) is 0 Å². The van der Waals surface area contributed by atoms with Crippen LogP contribution in [0.1, 0.15) is 12.5 Å². The first-order valence-corrected chi connectivity index (χ1v) is 5.64. The molecular weight excluding hydrogens is 228 g/mol. The van der Waals surface area contributed by atoms with Crippen molar-refractivity contribution in [3.05, 3.63) is 29.8 Å². The van der Waals surface area contributed by atoms with Gasteiger partial charge in [0.05, 0.1) is 0 Å². The number of hydrogen-bond donors (Lipinski definition) is 2. The summed E-state index contributed by atoms with van der Waals surface area (Å²) < 4.78 is 0. The van der Waals surface area contributed by atoms with E-state index in [4.69, 9.17) is 10.2 Å². The van der Waals surface area contributed by atoms with Crippen LogP contribution in [0.3, 0.4) is 0 Å². The van der Waals surface area contributed by atoms with Gasteiger partial charge in [-0.25, -0.2) is 0 Å². The molecule has 0 amide bonds. The molecule has 0 atom stereocenters. The van der Waals surface area contributed by atoms with E-state index in [0.29, 0.717) is 4.90 Å². The Kier molecular flexibility index (Phi) is 4.37. The maximum atomic E-state index is 10.7. The molecule has 5 heteroatoms. The Labute approximate surface area is 97.3 Å². The number of aryl methyl sites for hydroxylation is 1. The molecule has 0 aliphatic carbocycles. The molecule has 0 saturated carbocycles. The normalized spacial score (nSPS) is 10.4. The highest BCUT2D eigenvalue weighted by atomic mass is 32.2. The third-order valence-corrected chi connectivity index (χ3v) is 3.34. The Balaban J connectivity index is 2.93. The lowest BCUT2D eigenvalue weighted by atomic mass is 10.2. The number of hydrogen-bond acceptors (Lipinski definition) is 3. The van der Waals surface area contributed by atoms with Crippen LogP contribution in [0, 0.1) is 0 Å². The van der Waals surface area contributed by atoms with Gasteiger partial charge in [0, 0.05) is 4.90 Å². The van der Waals surface area contributed by atoms with Crippen LogP contribution in [0.5, 0.6) is 0 Å². The maximum absolute atomic E-state index is 10.7. The van der Waals surface area contributed by atoms with Crippen molar-refractivity contribution < 1.29 is 19.8 Å². The maximum Gasteiger partial charge on any atom is 0.328 e. The average molecular weight is 240 g/mol. The third-order valence-electron chi connectivity index (χ3n) is 2.05. The van der Waals surface area contributed by atoms with E-state index in [1.807, 2.05) is 19.1 Å². The second-order valence-electron chi connectivity index (χ2n) is 3.14. The molecule has 86 valence electrons. The van der Waals surface area contributed by atoms with Gasteiger partial charge >= 0.3 is 11.9 Å². The van der Waals surface area contributed by atoms with Gasteiger partial charge in [-0.15, -0.1) is 0 Å². The molecule has 2 N–H and O–H groups in total. The molecule has 0 heterocycles. The molecule has 1 aromatic carbocycles. The lowest BCUT2D eigenvalue weighted by Crippen LogP contribution is -2.26. The van der Waals surface area contributed by atoms with Crippen molar-refractivity contribution in [3.63, 3.8) is 0 Å². The number of carboxylic acids is 2. The third kappa shape index (κ3) is 3.00. The second-order valence-corrected chi connectivity index (χ2v) is 4.28. The topological polar surface area (TPSA) is 74.6 Å². The first kappa shape index (κ1) is 12.6. The van der Waals surface area contributed by atoms with Crippen molar-refractivity contribution in [3.8, 4) is 0 Å². The number of thioether (sulfide) groups is 1. The van der Waals surface area contributed by atoms with Crippen molar-refractivity contribution >= 4 is 23.7 Å². The molecule has 0 unspecified atom stereocenters. The smallest absolute Gasteiger partial charge is 0.328 e. The van der Waals surface area contributed by atoms with E-state index in [9.17, 15) is 9.59 Å². The molecule has 0 bridgehead atoms. The molecule has 0 fully saturated rings. The predicted octanol–water partition coefficient (Wildman–Crippen LogP) is 1.88. The lowest BCUT2D eigenvalue weighted by Gasteiger charge is -2.10. The monoisotopic (exact) mass is 240 g/mol. The minimum absolute atomic E-state index is 0.708. The van der Waals surface area contributed by atoms with E-state index >= 15 is 0 Å². The molecule has 0 aliphatic heterocycles. The average Bonchev–Trinajstić information content (AvgIpc) is 2.25. The molecule has 0 radical (unpaired) electrons. The molecule has 0 aliphatic rings. The molecule has 1 aromatic rings. The Bertz CT molecular complexity index is 389. The van der Waals surface area contributed by atoms with Gasteiger partial charge in [-0.05, 0) is 18.1 Å². The van der Waals surface area contributed by atoms with Crippen LogP contribution in [0.25, 0.3) is 0 Å². The summed E-state index contributed by atoms with van der Waals surface area (Å²) >= 11 is 0.857. The van der Waals surface area contributed by atoms with Crippen LogP contribution in [0.2, 0.25) is 0 Å². The highest BCUT2D eigenvalue weighted by Crippen LogP contribution is 2.27. The number of aliphatic carboxylic acids is 2. The lowest BCUT2D eigenvalue weighted by molar-refractivity contribution is -0.146. The molecule has 0 aromatic heterocycles. The van der Waals surface area contributed by atoms with E-state index in [2.05, 4.69) is 0 Å². The van der Waals surface area contributed by atoms with Gasteiger partial charge in [-0.2, -0.15) is 0 Å². The number of benzene rings is 1. The summed E-state index contributed by atoms with van der Waals surface area (Å²) in [5, 5.41) is 16.1. The van der Waals surface area contributed by atoms with Gasteiger partial charge in [0.1, 0.15) is 0 Å². The summed E-state index contributed by atoms with van der Waals surface area (Å²) in [5.74, 6) is -2.66. The summed E-state index contributed by atoms with van der Waals surface area (Å²) in [6.07, 6.45) is 0.745. The predicted molar refractivity (Wildman–Crippen MR) is 60.7 cm³/mol. The number of rotatable bonds is 5. The van der Waals surface area contributed by atoms with Crippen LogP contribution in [-0.4, -0.2) is 27.4 Å².